The fourth-order valence-corrected chi connectivity index (χ4v) is 2.80. The Morgan fingerprint density at radius 2 is 1.79 bits per heavy atom. The molecule has 0 amide bonds. The quantitative estimate of drug-likeness (QED) is 0.337. The van der Waals surface area contributed by atoms with Crippen molar-refractivity contribution in [3.63, 3.8) is 0 Å². The van der Waals surface area contributed by atoms with Crippen molar-refractivity contribution >= 4 is 23.5 Å². The lowest BCUT2D eigenvalue weighted by atomic mass is 9.85. The van der Waals surface area contributed by atoms with Crippen LogP contribution in [0.4, 0.5) is 0 Å². The standard InChI is InChI=1S/C14H19ClO4/c1-4-10-8-14(12(16)18-2,13(17)19-3)9-11(10)6-5-7-15/h4-6,10-11H,1,7-9H2,2-3H3/b6-5-/t10-,11-/m0/s1. The summed E-state index contributed by atoms with van der Waals surface area (Å²) in [6, 6.07) is 0. The van der Waals surface area contributed by atoms with Gasteiger partial charge in [0.2, 0.25) is 0 Å². The second-order valence-corrected chi connectivity index (χ2v) is 4.93. The van der Waals surface area contributed by atoms with Gasteiger partial charge in [-0.15, -0.1) is 18.2 Å². The van der Waals surface area contributed by atoms with E-state index in [9.17, 15) is 9.59 Å². The summed E-state index contributed by atoms with van der Waals surface area (Å²) >= 11 is 5.63. The molecule has 0 aliphatic heterocycles. The summed E-state index contributed by atoms with van der Waals surface area (Å²) in [5.41, 5.74) is -1.23. The highest BCUT2D eigenvalue weighted by atomic mass is 35.5. The van der Waals surface area contributed by atoms with Crippen LogP contribution in [0.25, 0.3) is 0 Å². The molecule has 1 rings (SSSR count). The molecule has 1 aliphatic rings. The number of rotatable bonds is 5. The Hall–Kier alpha value is -1.29. The molecule has 106 valence electrons. The van der Waals surface area contributed by atoms with E-state index in [4.69, 9.17) is 21.1 Å². The van der Waals surface area contributed by atoms with Crippen molar-refractivity contribution < 1.29 is 19.1 Å². The summed E-state index contributed by atoms with van der Waals surface area (Å²) in [6.45, 7) is 3.77. The molecule has 1 saturated carbocycles. The Balaban J connectivity index is 3.08. The van der Waals surface area contributed by atoms with Gasteiger partial charge >= 0.3 is 11.9 Å². The normalized spacial score (nSPS) is 25.2. The fraction of sp³-hybridized carbons (Fsp3) is 0.571. The molecule has 0 aromatic heterocycles. The minimum atomic E-state index is -1.23. The molecule has 5 heteroatoms. The minimum absolute atomic E-state index is 0.0256. The Morgan fingerprint density at radius 1 is 1.26 bits per heavy atom. The maximum Gasteiger partial charge on any atom is 0.323 e. The summed E-state index contributed by atoms with van der Waals surface area (Å²) in [5, 5.41) is 0. The number of esters is 2. The van der Waals surface area contributed by atoms with E-state index in [-0.39, 0.29) is 11.8 Å². The minimum Gasteiger partial charge on any atom is -0.468 e. The third-order valence-corrected chi connectivity index (χ3v) is 3.82. The molecule has 0 unspecified atom stereocenters. The van der Waals surface area contributed by atoms with E-state index >= 15 is 0 Å². The largest absolute Gasteiger partial charge is 0.468 e. The third kappa shape index (κ3) is 3.00. The fourth-order valence-electron chi connectivity index (χ4n) is 2.69. The third-order valence-electron chi connectivity index (χ3n) is 3.65. The predicted octanol–water partition coefficient (Wildman–Crippen LogP) is 2.33. The van der Waals surface area contributed by atoms with E-state index in [1.807, 2.05) is 12.2 Å². The molecule has 1 aliphatic carbocycles. The van der Waals surface area contributed by atoms with Gasteiger partial charge in [0.05, 0.1) is 14.2 Å². The zero-order valence-corrected chi connectivity index (χ0v) is 12.0. The van der Waals surface area contributed by atoms with Crippen LogP contribution in [0.3, 0.4) is 0 Å². The van der Waals surface area contributed by atoms with Crippen LogP contribution < -0.4 is 0 Å². The molecular weight excluding hydrogens is 268 g/mol. The lowest BCUT2D eigenvalue weighted by Gasteiger charge is -2.22. The van der Waals surface area contributed by atoms with Gasteiger partial charge < -0.3 is 9.47 Å². The molecule has 0 N–H and O–H groups in total. The number of alkyl halides is 1. The summed E-state index contributed by atoms with van der Waals surface area (Å²) in [5.74, 6) is -0.642. The molecule has 0 radical (unpaired) electrons. The van der Waals surface area contributed by atoms with Crippen molar-refractivity contribution in [1.29, 1.82) is 0 Å². The summed E-state index contributed by atoms with van der Waals surface area (Å²) in [7, 11) is 2.55. The molecule has 2 atom stereocenters. The van der Waals surface area contributed by atoms with Gasteiger partial charge in [0.15, 0.2) is 5.41 Å². The number of carbonyl (C=O) groups excluding carboxylic acids is 2. The van der Waals surface area contributed by atoms with Crippen molar-refractivity contribution in [3.8, 4) is 0 Å². The Kier molecular flexibility index (Phi) is 5.60. The van der Waals surface area contributed by atoms with Crippen LogP contribution in [-0.2, 0) is 19.1 Å². The molecule has 0 aromatic rings. The monoisotopic (exact) mass is 286 g/mol. The number of methoxy groups -OCH3 is 2. The maximum absolute atomic E-state index is 12.0. The molecule has 0 aromatic carbocycles. The average Bonchev–Trinajstić information content (AvgIpc) is 2.83. The van der Waals surface area contributed by atoms with Crippen LogP contribution in [0.2, 0.25) is 0 Å². The van der Waals surface area contributed by atoms with Crippen LogP contribution in [0.15, 0.2) is 24.8 Å². The van der Waals surface area contributed by atoms with E-state index in [0.717, 1.165) is 0 Å². The van der Waals surface area contributed by atoms with E-state index < -0.39 is 17.4 Å². The highest BCUT2D eigenvalue weighted by Crippen LogP contribution is 2.48. The van der Waals surface area contributed by atoms with Crippen molar-refractivity contribution in [1.82, 2.24) is 0 Å². The number of hydrogen-bond donors (Lipinski definition) is 0. The van der Waals surface area contributed by atoms with E-state index in [1.165, 1.54) is 14.2 Å². The van der Waals surface area contributed by atoms with Gasteiger partial charge in [-0.2, -0.15) is 0 Å². The van der Waals surface area contributed by atoms with Gasteiger partial charge in [-0.05, 0) is 24.7 Å². The van der Waals surface area contributed by atoms with Gasteiger partial charge in [0, 0.05) is 5.88 Å². The average molecular weight is 287 g/mol. The van der Waals surface area contributed by atoms with Crippen molar-refractivity contribution in [3.05, 3.63) is 24.8 Å². The first-order valence-electron chi connectivity index (χ1n) is 6.07. The first kappa shape index (κ1) is 15.8. The Labute approximate surface area is 118 Å². The van der Waals surface area contributed by atoms with Crippen molar-refractivity contribution in [2.24, 2.45) is 17.3 Å². The van der Waals surface area contributed by atoms with Crippen LogP contribution in [0, 0.1) is 17.3 Å². The van der Waals surface area contributed by atoms with E-state index in [0.29, 0.717) is 18.7 Å². The molecular formula is C14H19ClO4. The number of carbonyl (C=O) groups is 2. The van der Waals surface area contributed by atoms with Crippen LogP contribution in [0.5, 0.6) is 0 Å². The lowest BCUT2D eigenvalue weighted by molar-refractivity contribution is -0.168. The zero-order chi connectivity index (χ0) is 14.5. The molecule has 0 heterocycles. The molecule has 0 saturated heterocycles. The van der Waals surface area contributed by atoms with Gasteiger partial charge in [-0.25, -0.2) is 0 Å². The van der Waals surface area contributed by atoms with Gasteiger partial charge in [0.25, 0.3) is 0 Å². The van der Waals surface area contributed by atoms with Gasteiger partial charge in [0.1, 0.15) is 0 Å². The highest BCUT2D eigenvalue weighted by molar-refractivity contribution is 6.18. The SMILES string of the molecule is C=C[C@H]1CC(C(=O)OC)(C(=O)OC)C[C@@H]1/C=C\CCl. The second kappa shape index (κ2) is 6.75. The maximum atomic E-state index is 12.0. The lowest BCUT2D eigenvalue weighted by Crippen LogP contribution is -2.39. The van der Waals surface area contributed by atoms with Gasteiger partial charge in [-0.1, -0.05) is 18.2 Å². The summed E-state index contributed by atoms with van der Waals surface area (Å²) in [4.78, 5) is 24.0. The smallest absolute Gasteiger partial charge is 0.323 e. The predicted molar refractivity (Wildman–Crippen MR) is 72.7 cm³/mol. The van der Waals surface area contributed by atoms with Crippen LogP contribution >= 0.6 is 11.6 Å². The zero-order valence-electron chi connectivity index (χ0n) is 11.2. The van der Waals surface area contributed by atoms with E-state index in [2.05, 4.69) is 6.58 Å². The molecule has 1 fully saturated rings. The summed E-state index contributed by atoms with van der Waals surface area (Å²) in [6.07, 6.45) is 6.21. The van der Waals surface area contributed by atoms with Crippen molar-refractivity contribution in [2.45, 2.75) is 12.8 Å². The van der Waals surface area contributed by atoms with Crippen molar-refractivity contribution in [2.75, 3.05) is 20.1 Å². The molecule has 0 bridgehead atoms. The van der Waals surface area contributed by atoms with E-state index in [1.54, 1.807) is 6.08 Å². The number of allylic oxidation sites excluding steroid dienone is 3. The second-order valence-electron chi connectivity index (χ2n) is 4.62. The Morgan fingerprint density at radius 3 is 2.21 bits per heavy atom. The number of ether oxygens (including phenoxy) is 2. The van der Waals surface area contributed by atoms with Crippen LogP contribution in [0.1, 0.15) is 12.8 Å². The first-order chi connectivity index (χ1) is 9.05. The molecule has 19 heavy (non-hydrogen) atoms. The molecule has 4 nitrogen and oxygen atoms in total. The van der Waals surface area contributed by atoms with Crippen LogP contribution in [-0.4, -0.2) is 32.0 Å². The number of halogens is 1. The highest BCUT2D eigenvalue weighted by Gasteiger charge is 2.55. The summed E-state index contributed by atoms with van der Waals surface area (Å²) < 4.78 is 9.56. The topological polar surface area (TPSA) is 52.6 Å². The molecule has 0 spiro atoms. The number of hydrogen-bond acceptors (Lipinski definition) is 4. The first-order valence-corrected chi connectivity index (χ1v) is 6.61. The van der Waals surface area contributed by atoms with Gasteiger partial charge in [-0.3, -0.25) is 9.59 Å². The Bertz CT molecular complexity index is 373.